The Morgan fingerprint density at radius 2 is 0.796 bits per heavy atom. The zero-order valence-corrected chi connectivity index (χ0v) is 29.1. The summed E-state index contributed by atoms with van der Waals surface area (Å²) in [4.78, 5) is 9.75. The highest BCUT2D eigenvalue weighted by Gasteiger charge is 2.52. The van der Waals surface area contributed by atoms with Gasteiger partial charge in [0.1, 0.15) is 11.5 Å². The van der Waals surface area contributed by atoms with Crippen molar-refractivity contribution in [1.29, 1.82) is 0 Å². The fourth-order valence-corrected chi connectivity index (χ4v) is 9.26. The topological polar surface area (TPSA) is 35.0 Å². The lowest BCUT2D eigenvalue weighted by Gasteiger charge is -2.40. The molecule has 3 heterocycles. The van der Waals surface area contributed by atoms with E-state index in [0.29, 0.717) is 0 Å². The van der Waals surface area contributed by atoms with Crippen LogP contribution < -0.4 is 4.74 Å². The molecule has 0 unspecified atom stereocenters. The molecule has 250 valence electrons. The maximum absolute atomic E-state index is 7.23. The minimum absolute atomic E-state index is 0.678. The molecule has 3 heteroatoms. The molecule has 12 rings (SSSR count). The van der Waals surface area contributed by atoms with Gasteiger partial charge in [0.05, 0.1) is 16.4 Å². The third-order valence-electron chi connectivity index (χ3n) is 11.8. The van der Waals surface area contributed by atoms with Crippen LogP contribution in [0.2, 0.25) is 0 Å². The van der Waals surface area contributed by atoms with E-state index in [2.05, 4.69) is 158 Å². The number of pyridine rings is 2. The molecule has 0 fully saturated rings. The molecule has 54 heavy (non-hydrogen) atoms. The highest BCUT2D eigenvalue weighted by Crippen LogP contribution is 2.64. The van der Waals surface area contributed by atoms with Crippen LogP contribution in [0.15, 0.2) is 182 Å². The van der Waals surface area contributed by atoms with Gasteiger partial charge < -0.3 is 4.74 Å². The van der Waals surface area contributed by atoms with E-state index in [9.17, 15) is 0 Å². The number of aromatic nitrogens is 2. The van der Waals surface area contributed by atoms with E-state index in [1.165, 1.54) is 22.3 Å². The summed E-state index contributed by atoms with van der Waals surface area (Å²) in [5, 5.41) is 6.77. The Kier molecular flexibility index (Phi) is 5.98. The van der Waals surface area contributed by atoms with E-state index in [0.717, 1.165) is 88.2 Å². The third kappa shape index (κ3) is 4.01. The quantitative estimate of drug-likeness (QED) is 0.182. The summed E-state index contributed by atoms with van der Waals surface area (Å²) in [6, 6.07) is 61.5. The predicted octanol–water partition coefficient (Wildman–Crippen LogP) is 12.9. The van der Waals surface area contributed by atoms with Gasteiger partial charge in [-0.1, -0.05) is 133 Å². The number of benzene rings is 8. The number of rotatable bonds is 2. The molecule has 1 spiro atoms. The molecular weight excluding hydrogens is 657 g/mol. The van der Waals surface area contributed by atoms with Gasteiger partial charge in [0.25, 0.3) is 0 Å². The van der Waals surface area contributed by atoms with Gasteiger partial charge in [0, 0.05) is 56.2 Å². The van der Waals surface area contributed by atoms with E-state index in [1.807, 2.05) is 24.5 Å². The van der Waals surface area contributed by atoms with Crippen molar-refractivity contribution in [2.45, 2.75) is 5.41 Å². The average Bonchev–Trinajstić information content (AvgIpc) is 3.52. The highest BCUT2D eigenvalue weighted by molar-refractivity contribution is 6.01. The second kappa shape index (κ2) is 11.0. The predicted molar refractivity (Wildman–Crippen MR) is 220 cm³/mol. The van der Waals surface area contributed by atoms with Crippen molar-refractivity contribution in [3.05, 3.63) is 205 Å². The SMILES string of the molecule is c1ccc2ncc(-c3ccc4c(c3)C3(c5cc(-c6cnc7ccccc7c6)ccc5-4)c4ccc5ccccc5c4Oc4c3ccc3ccccc43)cc2c1. The summed E-state index contributed by atoms with van der Waals surface area (Å²) in [5.74, 6) is 1.82. The van der Waals surface area contributed by atoms with E-state index >= 15 is 0 Å². The van der Waals surface area contributed by atoms with Gasteiger partial charge in [0.15, 0.2) is 0 Å². The lowest BCUT2D eigenvalue weighted by Crippen LogP contribution is -2.32. The minimum Gasteiger partial charge on any atom is -0.455 e. The maximum atomic E-state index is 7.23. The summed E-state index contributed by atoms with van der Waals surface area (Å²) in [6.07, 6.45) is 4.02. The minimum atomic E-state index is -0.678. The molecule has 0 saturated carbocycles. The van der Waals surface area contributed by atoms with Crippen LogP contribution in [-0.4, -0.2) is 9.97 Å². The van der Waals surface area contributed by atoms with Gasteiger partial charge in [-0.2, -0.15) is 0 Å². The molecule has 0 amide bonds. The lowest BCUT2D eigenvalue weighted by atomic mass is 9.65. The Bertz CT molecular complexity index is 3000. The third-order valence-corrected chi connectivity index (χ3v) is 11.8. The standard InChI is InChI=1S/C51H30N2O/c1-5-13-39-31(9-1)19-23-43-49(39)54-50-40-14-6-2-10-32(40)20-24-44(50)51(43)45-27-33(37-25-35-11-3-7-15-47(35)52-29-37)17-21-41(45)42-22-18-34(28-46(42)51)38-26-36-12-4-8-16-48(36)53-30-38/h1-30H. The lowest BCUT2D eigenvalue weighted by molar-refractivity contribution is 0.447. The first kappa shape index (κ1) is 29.5. The van der Waals surface area contributed by atoms with E-state index in [1.54, 1.807) is 0 Å². The second-order valence-corrected chi connectivity index (χ2v) is 14.5. The van der Waals surface area contributed by atoms with Gasteiger partial charge >= 0.3 is 0 Å². The molecule has 8 aromatic carbocycles. The normalized spacial score (nSPS) is 13.5. The van der Waals surface area contributed by atoms with Crippen LogP contribution >= 0.6 is 0 Å². The zero-order valence-electron chi connectivity index (χ0n) is 29.1. The molecule has 1 aliphatic heterocycles. The molecule has 0 bridgehead atoms. The van der Waals surface area contributed by atoms with Crippen LogP contribution in [-0.2, 0) is 5.41 Å². The van der Waals surface area contributed by atoms with Crippen LogP contribution in [0.4, 0.5) is 0 Å². The van der Waals surface area contributed by atoms with Gasteiger partial charge in [-0.15, -0.1) is 0 Å². The van der Waals surface area contributed by atoms with Crippen molar-refractivity contribution in [3.63, 3.8) is 0 Å². The first-order valence-electron chi connectivity index (χ1n) is 18.5. The summed E-state index contributed by atoms with van der Waals surface area (Å²) >= 11 is 0. The van der Waals surface area contributed by atoms with Crippen LogP contribution in [0.5, 0.6) is 11.5 Å². The van der Waals surface area contributed by atoms with Gasteiger partial charge in [-0.3, -0.25) is 9.97 Å². The maximum Gasteiger partial charge on any atom is 0.140 e. The smallest absolute Gasteiger partial charge is 0.140 e. The second-order valence-electron chi connectivity index (χ2n) is 14.5. The van der Waals surface area contributed by atoms with Gasteiger partial charge in [-0.05, 0) is 80.6 Å². The largest absolute Gasteiger partial charge is 0.455 e. The van der Waals surface area contributed by atoms with Crippen LogP contribution in [0.25, 0.3) is 76.7 Å². The fraction of sp³-hybridized carbons (Fsp3) is 0.0196. The molecule has 1 aliphatic carbocycles. The Labute approximate surface area is 311 Å². The first-order valence-corrected chi connectivity index (χ1v) is 18.5. The Morgan fingerprint density at radius 1 is 0.352 bits per heavy atom. The number of para-hydroxylation sites is 2. The molecule has 0 radical (unpaired) electrons. The van der Waals surface area contributed by atoms with Crippen molar-refractivity contribution in [1.82, 2.24) is 9.97 Å². The van der Waals surface area contributed by atoms with Crippen molar-refractivity contribution >= 4 is 43.4 Å². The molecule has 2 aromatic heterocycles. The van der Waals surface area contributed by atoms with Crippen molar-refractivity contribution < 1.29 is 4.74 Å². The van der Waals surface area contributed by atoms with Crippen molar-refractivity contribution in [3.8, 4) is 44.9 Å². The molecule has 3 nitrogen and oxygen atoms in total. The van der Waals surface area contributed by atoms with Crippen LogP contribution in [0.3, 0.4) is 0 Å². The number of fused-ring (bicyclic) bond motifs is 15. The van der Waals surface area contributed by atoms with Crippen LogP contribution in [0.1, 0.15) is 22.3 Å². The Morgan fingerprint density at radius 3 is 1.30 bits per heavy atom. The summed E-state index contributed by atoms with van der Waals surface area (Å²) in [5.41, 5.74) is 13.0. The summed E-state index contributed by atoms with van der Waals surface area (Å²) in [7, 11) is 0. The number of nitrogens with zero attached hydrogens (tertiary/aromatic N) is 2. The molecule has 0 N–H and O–H groups in total. The Hall–Kier alpha value is -7.10. The van der Waals surface area contributed by atoms with Gasteiger partial charge in [0.2, 0.25) is 0 Å². The average molecular weight is 687 g/mol. The molecular formula is C51H30N2O. The van der Waals surface area contributed by atoms with Crippen LogP contribution in [0, 0.1) is 0 Å². The molecule has 0 saturated heterocycles. The summed E-state index contributed by atoms with van der Waals surface area (Å²) < 4.78 is 7.23. The van der Waals surface area contributed by atoms with Crippen molar-refractivity contribution in [2.75, 3.05) is 0 Å². The van der Waals surface area contributed by atoms with Crippen molar-refractivity contribution in [2.24, 2.45) is 0 Å². The fourth-order valence-electron chi connectivity index (χ4n) is 9.26. The van der Waals surface area contributed by atoms with E-state index < -0.39 is 5.41 Å². The molecule has 2 aliphatic rings. The number of ether oxygens (including phenoxy) is 1. The monoisotopic (exact) mass is 686 g/mol. The Balaban J connectivity index is 1.21. The molecule has 10 aromatic rings. The zero-order chi connectivity index (χ0) is 35.4. The summed E-state index contributed by atoms with van der Waals surface area (Å²) in [6.45, 7) is 0. The number of hydrogen-bond acceptors (Lipinski definition) is 3. The number of hydrogen-bond donors (Lipinski definition) is 0. The first-order chi connectivity index (χ1) is 26.7. The van der Waals surface area contributed by atoms with Gasteiger partial charge in [-0.25, -0.2) is 0 Å². The highest BCUT2D eigenvalue weighted by atomic mass is 16.5. The molecule has 0 atom stereocenters. The van der Waals surface area contributed by atoms with E-state index in [4.69, 9.17) is 14.7 Å². The van der Waals surface area contributed by atoms with E-state index in [-0.39, 0.29) is 0 Å².